The van der Waals surface area contributed by atoms with Crippen LogP contribution in [0.5, 0.6) is 11.8 Å². The summed E-state index contributed by atoms with van der Waals surface area (Å²) < 4.78 is 0.820. The summed E-state index contributed by atoms with van der Waals surface area (Å²) in [6, 6.07) is 2.62. The van der Waals surface area contributed by atoms with E-state index in [9.17, 15) is 15.0 Å². The first kappa shape index (κ1) is 12.1. The maximum Gasteiger partial charge on any atom is 0.339 e. The molecule has 0 radical (unpaired) electrons. The molecule has 20 heavy (non-hydrogen) atoms. The molecule has 0 unspecified atom stereocenters. The molecule has 4 saturated carbocycles. The van der Waals surface area contributed by atoms with E-state index in [4.69, 9.17) is 4.84 Å². The summed E-state index contributed by atoms with van der Waals surface area (Å²) in [5.74, 6) is 1.17. The zero-order valence-electron chi connectivity index (χ0n) is 11.3. The normalized spacial score (nSPS) is 38.1. The van der Waals surface area contributed by atoms with Crippen molar-refractivity contribution >= 4 is 5.97 Å². The molecule has 2 N–H and O–H groups in total. The summed E-state index contributed by atoms with van der Waals surface area (Å²) in [5, 5.41) is 19.2. The van der Waals surface area contributed by atoms with Gasteiger partial charge < -0.3 is 15.1 Å². The topological polar surface area (TPSA) is 71.7 Å². The molecule has 0 saturated heterocycles. The van der Waals surface area contributed by atoms with Crippen molar-refractivity contribution in [3.05, 3.63) is 12.1 Å². The second-order valence-electron chi connectivity index (χ2n) is 6.92. The van der Waals surface area contributed by atoms with Crippen molar-refractivity contribution in [3.63, 3.8) is 0 Å². The monoisotopic (exact) mass is 277 g/mol. The van der Waals surface area contributed by atoms with Crippen LogP contribution >= 0.6 is 0 Å². The molecular formula is C15H19NO4. The summed E-state index contributed by atoms with van der Waals surface area (Å²) in [6.45, 7) is 0. The second kappa shape index (κ2) is 3.93. The number of aromatic hydroxyl groups is 2. The van der Waals surface area contributed by atoms with Crippen LogP contribution in [0.25, 0.3) is 0 Å². The quantitative estimate of drug-likeness (QED) is 0.868. The van der Waals surface area contributed by atoms with Crippen LogP contribution in [0.15, 0.2) is 12.1 Å². The summed E-state index contributed by atoms with van der Waals surface area (Å²) in [6.07, 6.45) is 6.48. The van der Waals surface area contributed by atoms with Gasteiger partial charge in [0.15, 0.2) is 0 Å². The number of rotatable bonds is 2. The Morgan fingerprint density at radius 1 is 1.05 bits per heavy atom. The minimum Gasteiger partial charge on any atom is -0.492 e. The van der Waals surface area contributed by atoms with Gasteiger partial charge in [0.05, 0.1) is 5.41 Å². The molecule has 5 rings (SSSR count). The Morgan fingerprint density at radius 3 is 1.95 bits per heavy atom. The fourth-order valence-electron chi connectivity index (χ4n) is 5.04. The number of carbonyl (C=O) groups excluding carboxylic acids is 1. The lowest BCUT2D eigenvalue weighted by Crippen LogP contribution is -2.52. The van der Waals surface area contributed by atoms with Gasteiger partial charge in [-0.05, 0) is 56.3 Å². The van der Waals surface area contributed by atoms with Crippen LogP contribution in [0, 0.1) is 23.2 Å². The number of hydrogen-bond donors (Lipinski definition) is 2. The second-order valence-corrected chi connectivity index (χ2v) is 6.92. The molecule has 0 spiro atoms. The first-order chi connectivity index (χ1) is 9.56. The average molecular weight is 277 g/mol. The summed E-state index contributed by atoms with van der Waals surface area (Å²) >= 11 is 0. The van der Waals surface area contributed by atoms with Crippen LogP contribution in [-0.4, -0.2) is 20.9 Å². The van der Waals surface area contributed by atoms with Gasteiger partial charge in [0.1, 0.15) is 0 Å². The van der Waals surface area contributed by atoms with Crippen LogP contribution in [-0.2, 0) is 4.79 Å². The van der Waals surface area contributed by atoms with Crippen LogP contribution in [0.2, 0.25) is 0 Å². The van der Waals surface area contributed by atoms with Gasteiger partial charge in [0.2, 0.25) is 11.8 Å². The van der Waals surface area contributed by atoms with E-state index in [1.165, 1.54) is 31.4 Å². The van der Waals surface area contributed by atoms with E-state index in [0.717, 1.165) is 24.0 Å². The third-order valence-electron chi connectivity index (χ3n) is 5.44. The van der Waals surface area contributed by atoms with Crippen LogP contribution in [0.4, 0.5) is 0 Å². The fraction of sp³-hybridized carbons (Fsp3) is 0.667. The Labute approximate surface area is 117 Å². The largest absolute Gasteiger partial charge is 0.492 e. The molecule has 1 aromatic rings. The Hall–Kier alpha value is -1.65. The van der Waals surface area contributed by atoms with E-state index in [-0.39, 0.29) is 17.7 Å². The number of aromatic nitrogens is 1. The lowest BCUT2D eigenvalue weighted by molar-refractivity contribution is -0.173. The average Bonchev–Trinajstić information content (AvgIpc) is 2.69. The first-order valence-corrected chi connectivity index (χ1v) is 7.38. The maximum absolute atomic E-state index is 12.6. The lowest BCUT2D eigenvalue weighted by atomic mass is 9.49. The zero-order valence-corrected chi connectivity index (χ0v) is 11.3. The third-order valence-corrected chi connectivity index (χ3v) is 5.44. The van der Waals surface area contributed by atoms with Gasteiger partial charge >= 0.3 is 5.97 Å². The van der Waals surface area contributed by atoms with Crippen LogP contribution in [0.3, 0.4) is 0 Å². The molecule has 4 aliphatic rings. The Balaban J connectivity index is 1.59. The highest BCUT2D eigenvalue weighted by Gasteiger charge is 2.56. The van der Waals surface area contributed by atoms with Gasteiger partial charge in [-0.2, -0.15) is 0 Å². The number of carbonyl (C=O) groups is 1. The molecule has 0 atom stereocenters. The smallest absolute Gasteiger partial charge is 0.339 e. The van der Waals surface area contributed by atoms with E-state index in [2.05, 4.69) is 0 Å². The summed E-state index contributed by atoms with van der Waals surface area (Å²) in [5.41, 5.74) is -0.391. The minimum absolute atomic E-state index is 0.249. The van der Waals surface area contributed by atoms with Crippen molar-refractivity contribution < 1.29 is 19.8 Å². The van der Waals surface area contributed by atoms with Crippen molar-refractivity contribution in [1.82, 2.24) is 4.73 Å². The molecule has 1 aromatic heterocycles. The molecule has 0 aliphatic heterocycles. The Bertz CT molecular complexity index is 507. The predicted molar refractivity (Wildman–Crippen MR) is 70.0 cm³/mol. The van der Waals surface area contributed by atoms with Gasteiger partial charge in [-0.3, -0.25) is 0 Å². The van der Waals surface area contributed by atoms with Crippen molar-refractivity contribution in [3.8, 4) is 11.8 Å². The van der Waals surface area contributed by atoms with Gasteiger partial charge in [-0.25, -0.2) is 4.79 Å². The molecule has 5 heteroatoms. The van der Waals surface area contributed by atoms with Gasteiger partial charge in [-0.1, -0.05) is 0 Å². The van der Waals surface area contributed by atoms with Gasteiger partial charge in [0, 0.05) is 12.1 Å². The van der Waals surface area contributed by atoms with Crippen molar-refractivity contribution in [1.29, 1.82) is 0 Å². The Morgan fingerprint density at radius 2 is 1.50 bits per heavy atom. The molecule has 108 valence electrons. The molecule has 4 aliphatic carbocycles. The van der Waals surface area contributed by atoms with Crippen molar-refractivity contribution in [2.75, 3.05) is 0 Å². The molecule has 5 nitrogen and oxygen atoms in total. The summed E-state index contributed by atoms with van der Waals surface area (Å²) in [7, 11) is 0. The molecule has 1 heterocycles. The standard InChI is InChI=1S/C15H19NO4/c17-12-1-2-13(18)16(12)20-14(19)15-6-9-3-10(7-15)5-11(4-9)8-15/h1-2,9-11,17-18H,3-8H2. The molecular weight excluding hydrogens is 258 g/mol. The van der Waals surface area contributed by atoms with Gasteiger partial charge in [-0.15, -0.1) is 4.73 Å². The highest BCUT2D eigenvalue weighted by molar-refractivity contribution is 5.78. The zero-order chi connectivity index (χ0) is 13.9. The SMILES string of the molecule is O=C(On1c(O)ccc1O)C12CC3CC(CC(C3)C1)C2. The Kier molecular flexibility index (Phi) is 2.38. The van der Waals surface area contributed by atoms with E-state index < -0.39 is 5.41 Å². The maximum atomic E-state index is 12.6. The molecule has 0 aromatic carbocycles. The first-order valence-electron chi connectivity index (χ1n) is 7.38. The summed E-state index contributed by atoms with van der Waals surface area (Å²) in [4.78, 5) is 17.9. The number of hydrogen-bond acceptors (Lipinski definition) is 4. The van der Waals surface area contributed by atoms with E-state index >= 15 is 0 Å². The van der Waals surface area contributed by atoms with E-state index in [0.29, 0.717) is 17.8 Å². The van der Waals surface area contributed by atoms with Crippen LogP contribution in [0.1, 0.15) is 38.5 Å². The molecule has 4 bridgehead atoms. The highest BCUT2D eigenvalue weighted by atomic mass is 16.7. The van der Waals surface area contributed by atoms with Gasteiger partial charge in [0.25, 0.3) is 0 Å². The predicted octanol–water partition coefficient (Wildman–Crippen LogP) is 2.07. The fourth-order valence-corrected chi connectivity index (χ4v) is 5.04. The van der Waals surface area contributed by atoms with Crippen LogP contribution < -0.4 is 4.84 Å². The van der Waals surface area contributed by atoms with E-state index in [1.54, 1.807) is 0 Å². The van der Waals surface area contributed by atoms with Crippen molar-refractivity contribution in [2.24, 2.45) is 23.2 Å². The minimum atomic E-state index is -0.391. The van der Waals surface area contributed by atoms with E-state index in [1.807, 2.05) is 0 Å². The molecule has 0 amide bonds. The lowest BCUT2D eigenvalue weighted by Gasteiger charge is -2.54. The number of nitrogens with zero attached hydrogens (tertiary/aromatic N) is 1. The van der Waals surface area contributed by atoms with Crippen molar-refractivity contribution in [2.45, 2.75) is 38.5 Å². The highest BCUT2D eigenvalue weighted by Crippen LogP contribution is 2.60. The third kappa shape index (κ3) is 1.65. The molecule has 4 fully saturated rings.